The molecule has 0 spiro atoms. The average Bonchev–Trinajstić information content (AvgIpc) is 2.71. The highest BCUT2D eigenvalue weighted by Gasteiger charge is 2.21. The van der Waals surface area contributed by atoms with E-state index in [1.165, 1.54) is 19.3 Å². The number of hydrogen-bond acceptors (Lipinski definition) is 3. The number of imidazole rings is 1. The molecule has 0 aliphatic heterocycles. The second kappa shape index (κ2) is 4.61. The zero-order chi connectivity index (χ0) is 12.5. The van der Waals surface area contributed by atoms with Gasteiger partial charge >= 0.3 is 0 Å². The van der Waals surface area contributed by atoms with Gasteiger partial charge in [0.1, 0.15) is 5.82 Å². The molecule has 4 N–H and O–H groups in total. The van der Waals surface area contributed by atoms with E-state index >= 15 is 0 Å². The Morgan fingerprint density at radius 3 is 3.00 bits per heavy atom. The third-order valence-electron chi connectivity index (χ3n) is 3.77. The van der Waals surface area contributed by atoms with Crippen molar-refractivity contribution in [1.29, 1.82) is 0 Å². The van der Waals surface area contributed by atoms with E-state index in [1.807, 2.05) is 6.92 Å². The van der Waals surface area contributed by atoms with Crippen LogP contribution in [-0.2, 0) is 0 Å². The summed E-state index contributed by atoms with van der Waals surface area (Å²) in [5.41, 5.74) is 9.40. The Hall–Kier alpha value is -1.55. The van der Waals surface area contributed by atoms with Gasteiger partial charge < -0.3 is 16.0 Å². The van der Waals surface area contributed by atoms with Crippen molar-refractivity contribution >= 4 is 16.7 Å². The second-order valence-electron chi connectivity index (χ2n) is 5.25. The van der Waals surface area contributed by atoms with E-state index in [4.69, 9.17) is 5.73 Å². The van der Waals surface area contributed by atoms with E-state index in [9.17, 15) is 0 Å². The molecule has 0 amide bonds. The van der Waals surface area contributed by atoms with Crippen LogP contribution < -0.4 is 11.1 Å². The third kappa shape index (κ3) is 2.20. The standard InChI is InChI=1S/C14H20N4/c1-9-16-13-7-6-10(8-14(13)17-9)18-12-5-3-2-4-11(12)15/h6-8,11-12,18H,2-5,15H2,1H3,(H,16,17). The van der Waals surface area contributed by atoms with Crippen molar-refractivity contribution in [2.45, 2.75) is 44.7 Å². The van der Waals surface area contributed by atoms with Crippen molar-refractivity contribution in [2.75, 3.05) is 5.32 Å². The van der Waals surface area contributed by atoms with Gasteiger partial charge in [-0.25, -0.2) is 4.98 Å². The topological polar surface area (TPSA) is 66.7 Å². The molecule has 2 aromatic rings. The Morgan fingerprint density at radius 2 is 2.17 bits per heavy atom. The van der Waals surface area contributed by atoms with Gasteiger partial charge in [0.2, 0.25) is 0 Å². The average molecular weight is 244 g/mol. The van der Waals surface area contributed by atoms with E-state index < -0.39 is 0 Å². The van der Waals surface area contributed by atoms with Gasteiger partial charge in [0.05, 0.1) is 11.0 Å². The van der Waals surface area contributed by atoms with E-state index in [2.05, 4.69) is 33.5 Å². The van der Waals surface area contributed by atoms with Crippen LogP contribution in [0.5, 0.6) is 0 Å². The molecule has 1 aliphatic rings. The summed E-state index contributed by atoms with van der Waals surface area (Å²) in [6, 6.07) is 6.94. The SMILES string of the molecule is Cc1nc2ccc(NC3CCCCC3N)cc2[nH]1. The van der Waals surface area contributed by atoms with E-state index in [1.54, 1.807) is 0 Å². The number of nitrogens with one attached hydrogen (secondary N) is 2. The van der Waals surface area contributed by atoms with E-state index in [0.29, 0.717) is 6.04 Å². The molecule has 3 rings (SSSR count). The van der Waals surface area contributed by atoms with Crippen molar-refractivity contribution in [2.24, 2.45) is 5.73 Å². The van der Waals surface area contributed by atoms with Crippen LogP contribution in [0.3, 0.4) is 0 Å². The fourth-order valence-electron chi connectivity index (χ4n) is 2.78. The monoisotopic (exact) mass is 244 g/mol. The first-order valence-corrected chi connectivity index (χ1v) is 6.71. The third-order valence-corrected chi connectivity index (χ3v) is 3.77. The number of aryl methyl sites for hydroxylation is 1. The van der Waals surface area contributed by atoms with Crippen molar-refractivity contribution in [3.63, 3.8) is 0 Å². The fraction of sp³-hybridized carbons (Fsp3) is 0.500. The number of fused-ring (bicyclic) bond motifs is 1. The molecule has 18 heavy (non-hydrogen) atoms. The van der Waals surface area contributed by atoms with Gasteiger partial charge in [0, 0.05) is 17.8 Å². The number of rotatable bonds is 2. The Labute approximate surface area is 107 Å². The van der Waals surface area contributed by atoms with Crippen molar-refractivity contribution < 1.29 is 0 Å². The highest BCUT2D eigenvalue weighted by Crippen LogP contribution is 2.23. The van der Waals surface area contributed by atoms with Gasteiger partial charge in [-0.2, -0.15) is 0 Å². The predicted molar refractivity (Wildman–Crippen MR) is 74.7 cm³/mol. The van der Waals surface area contributed by atoms with Gasteiger partial charge in [-0.3, -0.25) is 0 Å². The highest BCUT2D eigenvalue weighted by atomic mass is 15.0. The van der Waals surface area contributed by atoms with Gasteiger partial charge in [0.25, 0.3) is 0 Å². The van der Waals surface area contributed by atoms with Gasteiger partial charge in [-0.05, 0) is 38.0 Å². The molecule has 1 aromatic carbocycles. The second-order valence-corrected chi connectivity index (χ2v) is 5.25. The van der Waals surface area contributed by atoms with Crippen LogP contribution in [0.1, 0.15) is 31.5 Å². The molecule has 0 bridgehead atoms. The minimum Gasteiger partial charge on any atom is -0.381 e. The van der Waals surface area contributed by atoms with Crippen molar-refractivity contribution in [3.05, 3.63) is 24.0 Å². The predicted octanol–water partition coefficient (Wildman–Crippen LogP) is 2.55. The van der Waals surface area contributed by atoms with Crippen molar-refractivity contribution in [3.8, 4) is 0 Å². The molecular weight excluding hydrogens is 224 g/mol. The lowest BCUT2D eigenvalue weighted by Crippen LogP contribution is -2.42. The summed E-state index contributed by atoms with van der Waals surface area (Å²) in [6.45, 7) is 1.98. The Kier molecular flexibility index (Phi) is 2.96. The van der Waals surface area contributed by atoms with Gasteiger partial charge in [-0.1, -0.05) is 12.8 Å². The smallest absolute Gasteiger partial charge is 0.104 e. The van der Waals surface area contributed by atoms with Crippen LogP contribution in [0.25, 0.3) is 11.0 Å². The first-order chi connectivity index (χ1) is 8.72. The summed E-state index contributed by atoms with van der Waals surface area (Å²) in [6.07, 6.45) is 4.83. The van der Waals surface area contributed by atoms with Gasteiger partial charge in [0.15, 0.2) is 0 Å². The molecule has 1 fully saturated rings. The fourth-order valence-corrected chi connectivity index (χ4v) is 2.78. The minimum absolute atomic E-state index is 0.276. The molecule has 1 aromatic heterocycles. The first kappa shape index (κ1) is 11.5. The number of hydrogen-bond donors (Lipinski definition) is 3. The van der Waals surface area contributed by atoms with E-state index in [0.717, 1.165) is 29.0 Å². The summed E-state index contributed by atoms with van der Waals surface area (Å²) >= 11 is 0. The maximum Gasteiger partial charge on any atom is 0.104 e. The maximum atomic E-state index is 6.16. The molecular formula is C14H20N4. The number of benzene rings is 1. The number of H-pyrrole nitrogens is 1. The zero-order valence-electron chi connectivity index (χ0n) is 10.7. The molecule has 1 aliphatic carbocycles. The summed E-state index contributed by atoms with van der Waals surface area (Å²) in [5.74, 6) is 0.955. The summed E-state index contributed by atoms with van der Waals surface area (Å²) in [4.78, 5) is 7.67. The highest BCUT2D eigenvalue weighted by molar-refractivity contribution is 5.79. The number of anilines is 1. The molecule has 4 nitrogen and oxygen atoms in total. The molecule has 1 heterocycles. The molecule has 0 radical (unpaired) electrons. The maximum absolute atomic E-state index is 6.16. The molecule has 2 unspecified atom stereocenters. The summed E-state index contributed by atoms with van der Waals surface area (Å²) in [5, 5.41) is 3.56. The summed E-state index contributed by atoms with van der Waals surface area (Å²) < 4.78 is 0. The largest absolute Gasteiger partial charge is 0.381 e. The van der Waals surface area contributed by atoms with Crippen molar-refractivity contribution in [1.82, 2.24) is 9.97 Å². The summed E-state index contributed by atoms with van der Waals surface area (Å²) in [7, 11) is 0. The lowest BCUT2D eigenvalue weighted by Gasteiger charge is -2.30. The molecule has 0 saturated heterocycles. The van der Waals surface area contributed by atoms with Crippen LogP contribution >= 0.6 is 0 Å². The van der Waals surface area contributed by atoms with Crippen LogP contribution in [0.2, 0.25) is 0 Å². The first-order valence-electron chi connectivity index (χ1n) is 6.71. The molecule has 4 heteroatoms. The number of aromatic amines is 1. The van der Waals surface area contributed by atoms with Crippen LogP contribution in [0, 0.1) is 6.92 Å². The number of nitrogens with two attached hydrogens (primary N) is 1. The Morgan fingerprint density at radius 1 is 1.33 bits per heavy atom. The lowest BCUT2D eigenvalue weighted by molar-refractivity contribution is 0.404. The lowest BCUT2D eigenvalue weighted by atomic mass is 9.91. The molecule has 2 atom stereocenters. The van der Waals surface area contributed by atoms with Crippen LogP contribution in [-0.4, -0.2) is 22.1 Å². The molecule has 96 valence electrons. The van der Waals surface area contributed by atoms with Gasteiger partial charge in [-0.15, -0.1) is 0 Å². The number of aromatic nitrogens is 2. The number of nitrogens with zero attached hydrogens (tertiary/aromatic N) is 1. The zero-order valence-corrected chi connectivity index (χ0v) is 10.7. The normalized spacial score (nSPS) is 24.3. The molecule has 1 saturated carbocycles. The Bertz CT molecular complexity index is 546. The Balaban J connectivity index is 1.81. The van der Waals surface area contributed by atoms with E-state index in [-0.39, 0.29) is 6.04 Å². The minimum atomic E-state index is 0.276. The quantitative estimate of drug-likeness (QED) is 0.760. The van der Waals surface area contributed by atoms with Crippen LogP contribution in [0.4, 0.5) is 5.69 Å². The van der Waals surface area contributed by atoms with Crippen LogP contribution in [0.15, 0.2) is 18.2 Å².